The van der Waals surface area contributed by atoms with Crippen LogP contribution in [-0.2, 0) is 19.1 Å². The van der Waals surface area contributed by atoms with E-state index in [1.54, 1.807) is 4.90 Å². The van der Waals surface area contributed by atoms with Crippen molar-refractivity contribution in [3.63, 3.8) is 0 Å². The largest absolute Gasteiger partial charge is 0.469 e. The molecule has 1 aromatic carbocycles. The normalized spacial score (nSPS) is 28.5. The second-order valence-corrected chi connectivity index (χ2v) is 7.52. The predicted molar refractivity (Wildman–Crippen MR) is 93.9 cm³/mol. The van der Waals surface area contributed by atoms with E-state index in [2.05, 4.69) is 0 Å². The number of methoxy groups -OCH3 is 1. The first-order valence-corrected chi connectivity index (χ1v) is 9.33. The van der Waals surface area contributed by atoms with Gasteiger partial charge in [0.25, 0.3) is 0 Å². The Morgan fingerprint density at radius 3 is 2.50 bits per heavy atom. The van der Waals surface area contributed by atoms with Crippen molar-refractivity contribution >= 4 is 17.8 Å². The number of nitrogens with zero attached hydrogens (tertiary/aromatic N) is 2. The predicted octanol–water partition coefficient (Wildman–Crippen LogP) is 1.76. The van der Waals surface area contributed by atoms with Gasteiger partial charge in [0.05, 0.1) is 31.7 Å². The van der Waals surface area contributed by atoms with E-state index in [4.69, 9.17) is 4.74 Å². The molecule has 26 heavy (non-hydrogen) atoms. The molecule has 2 saturated heterocycles. The van der Waals surface area contributed by atoms with Gasteiger partial charge < -0.3 is 14.5 Å². The Morgan fingerprint density at radius 1 is 1.15 bits per heavy atom. The molecule has 0 bridgehead atoms. The van der Waals surface area contributed by atoms with Crippen LogP contribution < -0.4 is 0 Å². The molecular weight excluding hydrogens is 332 g/mol. The SMILES string of the molecule is COC(=O)[C@H]1C[C@H]2CN(C(=O)C3CCC3)CC(=O)N2[C@H]1c1ccccc1. The topological polar surface area (TPSA) is 66.9 Å². The quantitative estimate of drug-likeness (QED) is 0.774. The number of carbonyl (C=O) groups is 3. The molecule has 0 radical (unpaired) electrons. The first-order valence-electron chi connectivity index (χ1n) is 9.33. The van der Waals surface area contributed by atoms with E-state index in [-0.39, 0.29) is 42.3 Å². The standard InChI is InChI=1S/C20H24N2O4/c1-26-20(25)16-10-15-11-21(19(24)14-8-5-9-14)12-17(23)22(15)18(16)13-6-3-2-4-7-13/h2-4,6-7,14-16,18H,5,8-12H2,1H3/t15-,16-,18-/m0/s1. The third kappa shape index (κ3) is 2.77. The summed E-state index contributed by atoms with van der Waals surface area (Å²) in [4.78, 5) is 41.5. The highest BCUT2D eigenvalue weighted by Crippen LogP contribution is 2.43. The molecule has 1 aliphatic carbocycles. The van der Waals surface area contributed by atoms with Crippen molar-refractivity contribution in [2.45, 2.75) is 37.8 Å². The van der Waals surface area contributed by atoms with Crippen molar-refractivity contribution in [3.8, 4) is 0 Å². The zero-order valence-corrected chi connectivity index (χ0v) is 15.0. The number of piperazine rings is 1. The van der Waals surface area contributed by atoms with Gasteiger partial charge in [-0.15, -0.1) is 0 Å². The minimum Gasteiger partial charge on any atom is -0.469 e. The highest BCUT2D eigenvalue weighted by Gasteiger charge is 2.51. The van der Waals surface area contributed by atoms with Crippen LogP contribution in [0.25, 0.3) is 0 Å². The number of carbonyl (C=O) groups excluding carboxylic acids is 3. The summed E-state index contributed by atoms with van der Waals surface area (Å²) >= 11 is 0. The molecule has 0 aromatic heterocycles. The number of esters is 1. The first kappa shape index (κ1) is 17.1. The molecule has 3 fully saturated rings. The molecule has 1 aromatic rings. The van der Waals surface area contributed by atoms with Gasteiger partial charge in [-0.1, -0.05) is 36.8 Å². The number of hydrogen-bond acceptors (Lipinski definition) is 4. The molecule has 0 unspecified atom stereocenters. The van der Waals surface area contributed by atoms with Gasteiger partial charge in [0, 0.05) is 12.5 Å². The minimum absolute atomic E-state index is 0.0748. The van der Waals surface area contributed by atoms with E-state index < -0.39 is 5.92 Å². The zero-order valence-electron chi connectivity index (χ0n) is 15.0. The Bertz CT molecular complexity index is 716. The molecule has 138 valence electrons. The van der Waals surface area contributed by atoms with Gasteiger partial charge >= 0.3 is 5.97 Å². The van der Waals surface area contributed by atoms with Crippen LogP contribution in [-0.4, -0.2) is 53.8 Å². The maximum absolute atomic E-state index is 12.9. The average molecular weight is 356 g/mol. The fourth-order valence-electron chi connectivity index (χ4n) is 4.54. The van der Waals surface area contributed by atoms with Gasteiger partial charge in [-0.25, -0.2) is 0 Å². The number of fused-ring (bicyclic) bond motifs is 1. The number of ether oxygens (including phenoxy) is 1. The molecule has 0 spiro atoms. The lowest BCUT2D eigenvalue weighted by Gasteiger charge is -2.42. The van der Waals surface area contributed by atoms with Crippen LogP contribution in [0.15, 0.2) is 30.3 Å². The second-order valence-electron chi connectivity index (χ2n) is 7.52. The lowest BCUT2D eigenvalue weighted by atomic mass is 9.84. The fourth-order valence-corrected chi connectivity index (χ4v) is 4.54. The molecule has 4 rings (SSSR count). The Labute approximate surface area is 153 Å². The van der Waals surface area contributed by atoms with Gasteiger partial charge in [0.1, 0.15) is 0 Å². The minimum atomic E-state index is -0.393. The van der Waals surface area contributed by atoms with Gasteiger partial charge in [-0.3, -0.25) is 14.4 Å². The molecule has 3 aliphatic rings. The summed E-state index contributed by atoms with van der Waals surface area (Å²) in [6.07, 6.45) is 3.48. The highest BCUT2D eigenvalue weighted by molar-refractivity contribution is 5.89. The molecule has 1 saturated carbocycles. The van der Waals surface area contributed by atoms with Crippen molar-refractivity contribution in [1.29, 1.82) is 0 Å². The molecule has 3 atom stereocenters. The summed E-state index contributed by atoms with van der Waals surface area (Å²) < 4.78 is 5.01. The van der Waals surface area contributed by atoms with E-state index in [9.17, 15) is 14.4 Å². The molecule has 6 heteroatoms. The number of amides is 2. The van der Waals surface area contributed by atoms with Crippen LogP contribution in [0.4, 0.5) is 0 Å². The lowest BCUT2D eigenvalue weighted by Crippen LogP contribution is -2.57. The molecule has 2 heterocycles. The molecule has 0 N–H and O–H groups in total. The maximum Gasteiger partial charge on any atom is 0.311 e. The van der Waals surface area contributed by atoms with Gasteiger partial charge in [-0.05, 0) is 24.8 Å². The van der Waals surface area contributed by atoms with Crippen LogP contribution in [0, 0.1) is 11.8 Å². The summed E-state index contributed by atoms with van der Waals surface area (Å²) in [6.45, 7) is 0.626. The van der Waals surface area contributed by atoms with Crippen molar-refractivity contribution < 1.29 is 19.1 Å². The summed E-state index contributed by atoms with van der Waals surface area (Å²) in [5, 5.41) is 0. The van der Waals surface area contributed by atoms with Crippen LogP contribution >= 0.6 is 0 Å². The van der Waals surface area contributed by atoms with Gasteiger partial charge in [-0.2, -0.15) is 0 Å². The summed E-state index contributed by atoms with van der Waals surface area (Å²) in [5.41, 5.74) is 0.942. The highest BCUT2D eigenvalue weighted by atomic mass is 16.5. The Hall–Kier alpha value is -2.37. The Kier molecular flexibility index (Phi) is 4.42. The van der Waals surface area contributed by atoms with Crippen LogP contribution in [0.1, 0.15) is 37.3 Å². The molecular formula is C20H24N2O4. The first-order chi connectivity index (χ1) is 12.6. The Morgan fingerprint density at radius 2 is 1.88 bits per heavy atom. The summed E-state index contributed by atoms with van der Waals surface area (Å²) in [6, 6.07) is 9.19. The van der Waals surface area contributed by atoms with E-state index in [1.807, 2.05) is 35.2 Å². The third-order valence-corrected chi connectivity index (χ3v) is 6.06. The second kappa shape index (κ2) is 6.74. The van der Waals surface area contributed by atoms with E-state index in [0.29, 0.717) is 13.0 Å². The zero-order chi connectivity index (χ0) is 18.3. The van der Waals surface area contributed by atoms with Crippen molar-refractivity contribution in [3.05, 3.63) is 35.9 Å². The lowest BCUT2D eigenvalue weighted by molar-refractivity contribution is -0.153. The van der Waals surface area contributed by atoms with Gasteiger partial charge in [0.15, 0.2) is 0 Å². The van der Waals surface area contributed by atoms with Crippen LogP contribution in [0.5, 0.6) is 0 Å². The third-order valence-electron chi connectivity index (χ3n) is 6.06. The number of rotatable bonds is 3. The smallest absolute Gasteiger partial charge is 0.311 e. The summed E-state index contributed by atoms with van der Waals surface area (Å²) in [5.74, 6) is -0.582. The van der Waals surface area contributed by atoms with E-state index in [1.165, 1.54) is 7.11 Å². The summed E-state index contributed by atoms with van der Waals surface area (Å²) in [7, 11) is 1.38. The fraction of sp³-hybridized carbons (Fsp3) is 0.550. The molecule has 2 amide bonds. The van der Waals surface area contributed by atoms with E-state index >= 15 is 0 Å². The number of hydrogen-bond donors (Lipinski definition) is 0. The molecule has 6 nitrogen and oxygen atoms in total. The van der Waals surface area contributed by atoms with Crippen molar-refractivity contribution in [2.24, 2.45) is 11.8 Å². The average Bonchev–Trinajstić information content (AvgIpc) is 3.00. The van der Waals surface area contributed by atoms with E-state index in [0.717, 1.165) is 24.8 Å². The number of benzene rings is 1. The van der Waals surface area contributed by atoms with Crippen LogP contribution in [0.2, 0.25) is 0 Å². The van der Waals surface area contributed by atoms with Gasteiger partial charge in [0.2, 0.25) is 11.8 Å². The van der Waals surface area contributed by atoms with Crippen molar-refractivity contribution in [2.75, 3.05) is 20.2 Å². The molecule has 2 aliphatic heterocycles. The maximum atomic E-state index is 12.9. The monoisotopic (exact) mass is 356 g/mol. The van der Waals surface area contributed by atoms with Crippen LogP contribution in [0.3, 0.4) is 0 Å². The van der Waals surface area contributed by atoms with Crippen molar-refractivity contribution in [1.82, 2.24) is 9.80 Å². The Balaban J connectivity index is 1.61.